The first-order valence-electron chi connectivity index (χ1n) is 7.22. The average Bonchev–Trinajstić information content (AvgIpc) is 2.29. The minimum Gasteiger partial charge on any atom is -0.396 e. The molecule has 19 heavy (non-hydrogen) atoms. The van der Waals surface area contributed by atoms with E-state index in [-0.39, 0.29) is 18.2 Å². The van der Waals surface area contributed by atoms with Crippen molar-refractivity contribution >= 4 is 6.03 Å². The molecule has 3 N–H and O–H groups in total. The van der Waals surface area contributed by atoms with Crippen LogP contribution in [0.1, 0.15) is 40.5 Å². The van der Waals surface area contributed by atoms with Crippen molar-refractivity contribution < 1.29 is 9.90 Å². The SMILES string of the molecule is CC1CCC(CO)CN1CCNC(=O)NC(C)(C)C. The van der Waals surface area contributed by atoms with Crippen molar-refractivity contribution in [2.45, 2.75) is 52.1 Å². The van der Waals surface area contributed by atoms with Crippen molar-refractivity contribution in [3.05, 3.63) is 0 Å². The molecule has 1 rings (SSSR count). The van der Waals surface area contributed by atoms with Crippen LogP contribution in [0, 0.1) is 5.92 Å². The van der Waals surface area contributed by atoms with Gasteiger partial charge in [0.15, 0.2) is 0 Å². The zero-order valence-corrected chi connectivity index (χ0v) is 12.7. The molecule has 1 aliphatic rings. The molecule has 1 heterocycles. The van der Waals surface area contributed by atoms with Gasteiger partial charge in [-0.25, -0.2) is 4.79 Å². The van der Waals surface area contributed by atoms with Crippen LogP contribution in [0.15, 0.2) is 0 Å². The van der Waals surface area contributed by atoms with Crippen molar-refractivity contribution in [2.75, 3.05) is 26.2 Å². The third kappa shape index (κ3) is 6.25. The first-order chi connectivity index (χ1) is 8.81. The van der Waals surface area contributed by atoms with Crippen LogP contribution in [0.3, 0.4) is 0 Å². The highest BCUT2D eigenvalue weighted by Crippen LogP contribution is 2.20. The topological polar surface area (TPSA) is 64.6 Å². The van der Waals surface area contributed by atoms with Crippen molar-refractivity contribution in [1.29, 1.82) is 0 Å². The third-order valence-corrected chi connectivity index (χ3v) is 3.54. The van der Waals surface area contributed by atoms with E-state index in [0.29, 0.717) is 18.5 Å². The maximum atomic E-state index is 11.6. The summed E-state index contributed by atoms with van der Waals surface area (Å²) in [6, 6.07) is 0.422. The third-order valence-electron chi connectivity index (χ3n) is 3.54. The van der Waals surface area contributed by atoms with Gasteiger partial charge in [-0.1, -0.05) is 0 Å². The summed E-state index contributed by atoms with van der Waals surface area (Å²) < 4.78 is 0. The average molecular weight is 271 g/mol. The Morgan fingerprint density at radius 1 is 1.37 bits per heavy atom. The summed E-state index contributed by atoms with van der Waals surface area (Å²) in [5.74, 6) is 0.389. The van der Waals surface area contributed by atoms with Gasteiger partial charge in [-0.3, -0.25) is 4.90 Å². The molecule has 0 spiro atoms. The maximum Gasteiger partial charge on any atom is 0.315 e. The minimum absolute atomic E-state index is 0.115. The number of nitrogens with zero attached hydrogens (tertiary/aromatic N) is 1. The van der Waals surface area contributed by atoms with Gasteiger partial charge in [0.25, 0.3) is 0 Å². The van der Waals surface area contributed by atoms with E-state index < -0.39 is 0 Å². The summed E-state index contributed by atoms with van der Waals surface area (Å²) >= 11 is 0. The lowest BCUT2D eigenvalue weighted by molar-refractivity contribution is 0.0839. The second-order valence-corrected chi connectivity index (χ2v) is 6.60. The fourth-order valence-electron chi connectivity index (χ4n) is 2.42. The number of nitrogens with one attached hydrogen (secondary N) is 2. The van der Waals surface area contributed by atoms with Gasteiger partial charge >= 0.3 is 6.03 Å². The normalized spacial score (nSPS) is 25.1. The van der Waals surface area contributed by atoms with Gasteiger partial charge in [0, 0.05) is 37.8 Å². The fraction of sp³-hybridized carbons (Fsp3) is 0.929. The zero-order valence-electron chi connectivity index (χ0n) is 12.7. The van der Waals surface area contributed by atoms with E-state index in [4.69, 9.17) is 0 Å². The molecule has 2 atom stereocenters. The van der Waals surface area contributed by atoms with E-state index >= 15 is 0 Å². The van der Waals surface area contributed by atoms with Gasteiger partial charge < -0.3 is 15.7 Å². The number of urea groups is 1. The van der Waals surface area contributed by atoms with E-state index in [9.17, 15) is 9.90 Å². The summed E-state index contributed by atoms with van der Waals surface area (Å²) in [6.07, 6.45) is 2.23. The van der Waals surface area contributed by atoms with Gasteiger partial charge in [-0.15, -0.1) is 0 Å². The lowest BCUT2D eigenvalue weighted by atomic mass is 9.94. The van der Waals surface area contributed by atoms with Gasteiger partial charge in [0.1, 0.15) is 0 Å². The Hall–Kier alpha value is -0.810. The summed E-state index contributed by atoms with van der Waals surface area (Å²) in [5.41, 5.74) is -0.204. The smallest absolute Gasteiger partial charge is 0.315 e. The first-order valence-corrected chi connectivity index (χ1v) is 7.22. The van der Waals surface area contributed by atoms with E-state index in [1.807, 2.05) is 20.8 Å². The number of rotatable bonds is 4. The highest BCUT2D eigenvalue weighted by atomic mass is 16.3. The molecule has 0 aromatic heterocycles. The monoisotopic (exact) mass is 271 g/mol. The highest BCUT2D eigenvalue weighted by Gasteiger charge is 2.24. The Balaban J connectivity index is 2.26. The summed E-state index contributed by atoms with van der Waals surface area (Å²) in [7, 11) is 0. The Morgan fingerprint density at radius 2 is 2.05 bits per heavy atom. The van der Waals surface area contributed by atoms with Crippen LogP contribution in [0.25, 0.3) is 0 Å². The number of aliphatic hydroxyl groups excluding tert-OH is 1. The number of hydrogen-bond donors (Lipinski definition) is 3. The summed E-state index contributed by atoms with van der Waals surface area (Å²) in [4.78, 5) is 14.0. The maximum absolute atomic E-state index is 11.6. The molecule has 112 valence electrons. The molecule has 0 aromatic carbocycles. The zero-order chi connectivity index (χ0) is 14.5. The number of hydrogen-bond acceptors (Lipinski definition) is 3. The van der Waals surface area contributed by atoms with Crippen LogP contribution in [0.5, 0.6) is 0 Å². The predicted octanol–water partition coefficient (Wildman–Crippen LogP) is 1.18. The number of amides is 2. The Labute approximate surface area is 116 Å². The van der Waals surface area contributed by atoms with E-state index in [1.54, 1.807) is 0 Å². The van der Waals surface area contributed by atoms with Crippen LogP contribution in [0.4, 0.5) is 4.79 Å². The molecule has 0 bridgehead atoms. The quantitative estimate of drug-likeness (QED) is 0.719. The second kappa shape index (κ2) is 7.10. The molecule has 0 aromatic rings. The van der Waals surface area contributed by atoms with Gasteiger partial charge in [-0.05, 0) is 46.5 Å². The first kappa shape index (κ1) is 16.2. The van der Waals surface area contributed by atoms with Crippen LogP contribution in [0.2, 0.25) is 0 Å². The molecule has 1 saturated heterocycles. The second-order valence-electron chi connectivity index (χ2n) is 6.60. The Morgan fingerprint density at radius 3 is 2.63 bits per heavy atom. The highest BCUT2D eigenvalue weighted by molar-refractivity contribution is 5.74. The summed E-state index contributed by atoms with van der Waals surface area (Å²) in [5, 5.41) is 15.0. The lowest BCUT2D eigenvalue weighted by Gasteiger charge is -2.37. The Kier molecular flexibility index (Phi) is 6.07. The molecule has 2 amide bonds. The van der Waals surface area contributed by atoms with E-state index in [1.165, 1.54) is 0 Å². The van der Waals surface area contributed by atoms with Crippen molar-refractivity contribution in [1.82, 2.24) is 15.5 Å². The van der Waals surface area contributed by atoms with Crippen molar-refractivity contribution in [2.24, 2.45) is 5.92 Å². The van der Waals surface area contributed by atoms with Gasteiger partial charge in [0.2, 0.25) is 0 Å². The molecule has 0 saturated carbocycles. The molecule has 5 heteroatoms. The van der Waals surface area contributed by atoms with Crippen LogP contribution < -0.4 is 10.6 Å². The molecule has 2 unspecified atom stereocenters. The standard InChI is InChI=1S/C14H29N3O2/c1-11-5-6-12(10-18)9-17(11)8-7-15-13(19)16-14(2,3)4/h11-12,18H,5-10H2,1-4H3,(H2,15,16,19). The fourth-order valence-corrected chi connectivity index (χ4v) is 2.42. The number of aliphatic hydroxyl groups is 1. The molecule has 5 nitrogen and oxygen atoms in total. The predicted molar refractivity (Wildman–Crippen MR) is 77.1 cm³/mol. The number of likely N-dealkylation sites (tertiary alicyclic amines) is 1. The van der Waals surface area contributed by atoms with Gasteiger partial charge in [-0.2, -0.15) is 0 Å². The van der Waals surface area contributed by atoms with Crippen LogP contribution in [-0.4, -0.2) is 53.9 Å². The molecular formula is C14H29N3O2. The molecule has 0 radical (unpaired) electrons. The van der Waals surface area contributed by atoms with E-state index in [0.717, 1.165) is 25.9 Å². The lowest BCUT2D eigenvalue weighted by Crippen LogP contribution is -2.50. The van der Waals surface area contributed by atoms with Crippen LogP contribution >= 0.6 is 0 Å². The number of carbonyl (C=O) groups excluding carboxylic acids is 1. The summed E-state index contributed by atoms with van der Waals surface area (Å²) in [6.45, 7) is 10.8. The molecule has 1 aliphatic heterocycles. The minimum atomic E-state index is -0.204. The molecular weight excluding hydrogens is 242 g/mol. The van der Waals surface area contributed by atoms with E-state index in [2.05, 4.69) is 22.5 Å². The molecule has 1 fully saturated rings. The molecule has 0 aliphatic carbocycles. The Bertz CT molecular complexity index is 289. The largest absolute Gasteiger partial charge is 0.396 e. The number of piperidine rings is 1. The van der Waals surface area contributed by atoms with Gasteiger partial charge in [0.05, 0.1) is 0 Å². The number of carbonyl (C=O) groups is 1. The van der Waals surface area contributed by atoms with Crippen molar-refractivity contribution in [3.63, 3.8) is 0 Å². The van der Waals surface area contributed by atoms with Crippen molar-refractivity contribution in [3.8, 4) is 0 Å². The van der Waals surface area contributed by atoms with Crippen LogP contribution in [-0.2, 0) is 0 Å².